The maximum absolute atomic E-state index is 12.6. The van der Waals surface area contributed by atoms with E-state index in [-0.39, 0.29) is 11.1 Å². The molecule has 1 fully saturated rings. The van der Waals surface area contributed by atoms with Crippen molar-refractivity contribution in [2.24, 2.45) is 0 Å². The highest BCUT2D eigenvalue weighted by molar-refractivity contribution is 7.99. The monoisotopic (exact) mass is 295 g/mol. The van der Waals surface area contributed by atoms with E-state index in [0.717, 1.165) is 36.5 Å². The summed E-state index contributed by atoms with van der Waals surface area (Å²) in [5.41, 5.74) is -0.261. The van der Waals surface area contributed by atoms with Gasteiger partial charge >= 0.3 is 6.18 Å². The summed E-state index contributed by atoms with van der Waals surface area (Å²) in [5.74, 6) is 2.05. The first-order chi connectivity index (χ1) is 8.45. The van der Waals surface area contributed by atoms with Gasteiger partial charge in [-0.2, -0.15) is 24.9 Å². The van der Waals surface area contributed by atoms with Crippen molar-refractivity contribution in [3.05, 3.63) is 28.8 Å². The van der Waals surface area contributed by atoms with Gasteiger partial charge in [0.2, 0.25) is 0 Å². The number of anilines is 1. The molecule has 1 aliphatic heterocycles. The van der Waals surface area contributed by atoms with Crippen LogP contribution in [0.1, 0.15) is 18.4 Å². The molecule has 2 rings (SSSR count). The van der Waals surface area contributed by atoms with Gasteiger partial charge in [-0.05, 0) is 36.8 Å². The first kappa shape index (κ1) is 13.9. The fourth-order valence-corrected chi connectivity index (χ4v) is 3.23. The molecule has 1 heterocycles. The lowest BCUT2D eigenvalue weighted by Crippen LogP contribution is -2.25. The molecule has 1 N–H and O–H groups in total. The van der Waals surface area contributed by atoms with Crippen molar-refractivity contribution < 1.29 is 13.2 Å². The summed E-state index contributed by atoms with van der Waals surface area (Å²) in [6, 6.07) is 3.83. The third-order valence-electron chi connectivity index (χ3n) is 2.76. The van der Waals surface area contributed by atoms with Gasteiger partial charge in [-0.3, -0.25) is 0 Å². The molecule has 0 bridgehead atoms. The van der Waals surface area contributed by atoms with E-state index >= 15 is 0 Å². The zero-order chi connectivity index (χ0) is 13.2. The minimum absolute atomic E-state index is 0.107. The summed E-state index contributed by atoms with van der Waals surface area (Å²) < 4.78 is 37.9. The maximum Gasteiger partial charge on any atom is 0.416 e. The summed E-state index contributed by atoms with van der Waals surface area (Å²) in [5, 5.41) is 3.24. The lowest BCUT2D eigenvalue weighted by atomic mass is 10.1. The van der Waals surface area contributed by atoms with Gasteiger partial charge in [-0.25, -0.2) is 0 Å². The number of hydrogen-bond donors (Lipinski definition) is 1. The van der Waals surface area contributed by atoms with Crippen LogP contribution in [0.15, 0.2) is 18.2 Å². The minimum Gasteiger partial charge on any atom is -0.381 e. The molecule has 0 aromatic heterocycles. The molecule has 0 radical (unpaired) electrons. The van der Waals surface area contributed by atoms with E-state index < -0.39 is 11.7 Å². The van der Waals surface area contributed by atoms with Crippen LogP contribution in [-0.2, 0) is 6.18 Å². The SMILES string of the molecule is FC(F)(F)c1cc(Cl)cc(NC2CCCSC2)c1. The van der Waals surface area contributed by atoms with Gasteiger partial charge in [0.15, 0.2) is 0 Å². The molecule has 1 aliphatic rings. The van der Waals surface area contributed by atoms with E-state index in [0.29, 0.717) is 5.69 Å². The van der Waals surface area contributed by atoms with Crippen LogP contribution < -0.4 is 5.32 Å². The van der Waals surface area contributed by atoms with Crippen molar-refractivity contribution >= 4 is 29.1 Å². The Morgan fingerprint density at radius 3 is 2.67 bits per heavy atom. The summed E-state index contributed by atoms with van der Waals surface area (Å²) in [4.78, 5) is 0. The largest absolute Gasteiger partial charge is 0.416 e. The van der Waals surface area contributed by atoms with Gasteiger partial charge in [-0.1, -0.05) is 11.6 Å². The molecule has 0 aliphatic carbocycles. The first-order valence-electron chi connectivity index (χ1n) is 5.67. The van der Waals surface area contributed by atoms with Gasteiger partial charge in [-0.15, -0.1) is 0 Å². The maximum atomic E-state index is 12.6. The highest BCUT2D eigenvalue weighted by atomic mass is 35.5. The number of nitrogens with one attached hydrogen (secondary N) is 1. The van der Waals surface area contributed by atoms with Gasteiger partial charge in [0.25, 0.3) is 0 Å². The van der Waals surface area contributed by atoms with Crippen molar-refractivity contribution in [1.82, 2.24) is 0 Å². The molecule has 1 aromatic rings. The predicted molar refractivity (Wildman–Crippen MR) is 70.4 cm³/mol. The molecular weight excluding hydrogens is 283 g/mol. The van der Waals surface area contributed by atoms with E-state index in [4.69, 9.17) is 11.6 Å². The topological polar surface area (TPSA) is 12.0 Å². The Balaban J connectivity index is 2.14. The van der Waals surface area contributed by atoms with Crippen molar-refractivity contribution in [2.75, 3.05) is 16.8 Å². The van der Waals surface area contributed by atoms with Crippen molar-refractivity contribution in [3.8, 4) is 0 Å². The Morgan fingerprint density at radius 2 is 2.06 bits per heavy atom. The summed E-state index contributed by atoms with van der Waals surface area (Å²) in [6.07, 6.45) is -2.28. The number of halogens is 4. The molecule has 0 amide bonds. The van der Waals surface area contributed by atoms with Crippen molar-refractivity contribution in [2.45, 2.75) is 25.1 Å². The van der Waals surface area contributed by atoms with E-state index in [1.807, 2.05) is 11.8 Å². The highest BCUT2D eigenvalue weighted by Crippen LogP contribution is 2.34. The van der Waals surface area contributed by atoms with Crippen LogP contribution in [0.5, 0.6) is 0 Å². The second-order valence-corrected chi connectivity index (χ2v) is 5.87. The van der Waals surface area contributed by atoms with E-state index in [1.54, 1.807) is 0 Å². The Morgan fingerprint density at radius 1 is 1.28 bits per heavy atom. The van der Waals surface area contributed by atoms with Crippen LogP contribution in [-0.4, -0.2) is 17.5 Å². The van der Waals surface area contributed by atoms with E-state index in [9.17, 15) is 13.2 Å². The molecule has 18 heavy (non-hydrogen) atoms. The number of hydrogen-bond acceptors (Lipinski definition) is 2. The summed E-state index contributed by atoms with van der Waals surface area (Å²) in [6.45, 7) is 0. The lowest BCUT2D eigenvalue weighted by Gasteiger charge is -2.24. The second-order valence-electron chi connectivity index (χ2n) is 4.28. The number of rotatable bonds is 2. The number of thioether (sulfide) groups is 1. The number of alkyl halides is 3. The molecule has 1 nitrogen and oxygen atoms in total. The standard InChI is InChI=1S/C12H13ClF3NS/c13-9-4-8(12(14,15)16)5-11(6-9)17-10-2-1-3-18-7-10/h4-6,10,17H,1-3,7H2. The lowest BCUT2D eigenvalue weighted by molar-refractivity contribution is -0.137. The molecule has 1 unspecified atom stereocenters. The molecule has 6 heteroatoms. The molecular formula is C12H13ClF3NS. The second kappa shape index (κ2) is 5.61. The third kappa shape index (κ3) is 3.72. The van der Waals surface area contributed by atoms with E-state index in [1.165, 1.54) is 6.07 Å². The fourth-order valence-electron chi connectivity index (χ4n) is 1.93. The normalized spacial score (nSPS) is 20.8. The highest BCUT2D eigenvalue weighted by Gasteiger charge is 2.31. The van der Waals surface area contributed by atoms with Gasteiger partial charge < -0.3 is 5.32 Å². The zero-order valence-corrected chi connectivity index (χ0v) is 11.1. The van der Waals surface area contributed by atoms with E-state index in [2.05, 4.69) is 5.32 Å². The smallest absolute Gasteiger partial charge is 0.381 e. The van der Waals surface area contributed by atoms with Crippen molar-refractivity contribution in [1.29, 1.82) is 0 Å². The van der Waals surface area contributed by atoms with Gasteiger partial charge in [0, 0.05) is 22.5 Å². The molecule has 0 saturated carbocycles. The van der Waals surface area contributed by atoms with Crippen LogP contribution in [0, 0.1) is 0 Å². The predicted octanol–water partition coefficient (Wildman–Crippen LogP) is 4.67. The fraction of sp³-hybridized carbons (Fsp3) is 0.500. The first-order valence-corrected chi connectivity index (χ1v) is 7.20. The van der Waals surface area contributed by atoms with Crippen LogP contribution in [0.3, 0.4) is 0 Å². The third-order valence-corrected chi connectivity index (χ3v) is 4.19. The molecule has 1 atom stereocenters. The quantitative estimate of drug-likeness (QED) is 0.851. The zero-order valence-electron chi connectivity index (χ0n) is 9.56. The van der Waals surface area contributed by atoms with Crippen LogP contribution in [0.4, 0.5) is 18.9 Å². The van der Waals surface area contributed by atoms with Crippen LogP contribution >= 0.6 is 23.4 Å². The van der Waals surface area contributed by atoms with Gasteiger partial charge in [0.05, 0.1) is 5.56 Å². The summed E-state index contributed by atoms with van der Waals surface area (Å²) >= 11 is 7.55. The Kier molecular flexibility index (Phi) is 4.33. The Hall–Kier alpha value is -0.550. The summed E-state index contributed by atoms with van der Waals surface area (Å²) in [7, 11) is 0. The van der Waals surface area contributed by atoms with Crippen molar-refractivity contribution in [3.63, 3.8) is 0 Å². The number of benzene rings is 1. The molecule has 1 saturated heterocycles. The average Bonchev–Trinajstić information content (AvgIpc) is 2.28. The Bertz CT molecular complexity index is 416. The molecule has 1 aromatic carbocycles. The van der Waals surface area contributed by atoms with Gasteiger partial charge in [0.1, 0.15) is 0 Å². The average molecular weight is 296 g/mol. The van der Waals surface area contributed by atoms with Crippen LogP contribution in [0.25, 0.3) is 0 Å². The molecule has 100 valence electrons. The molecule has 0 spiro atoms. The Labute approximate surface area is 113 Å². The van der Waals surface area contributed by atoms with Crippen LogP contribution in [0.2, 0.25) is 5.02 Å². The minimum atomic E-state index is -4.36.